The number of halogens is 1. The molecule has 2 aromatic rings. The van der Waals surface area contributed by atoms with Gasteiger partial charge in [-0.1, -0.05) is 23.7 Å². The first-order chi connectivity index (χ1) is 12.0. The van der Waals surface area contributed by atoms with Gasteiger partial charge in [0.05, 0.1) is 0 Å². The van der Waals surface area contributed by atoms with Crippen LogP contribution in [0.4, 0.5) is 5.69 Å². The van der Waals surface area contributed by atoms with Crippen LogP contribution < -0.4 is 4.90 Å². The molecule has 1 aliphatic rings. The number of aromatic nitrogens is 1. The minimum Gasteiger partial charge on any atom is -0.329 e. The molecule has 0 aliphatic carbocycles. The lowest BCUT2D eigenvalue weighted by Gasteiger charge is -2.39. The number of carbonyl (C=O) groups is 2. The maximum Gasteiger partial charge on any atom is 0.246 e. The summed E-state index contributed by atoms with van der Waals surface area (Å²) in [7, 11) is 0. The maximum atomic E-state index is 12.5. The van der Waals surface area contributed by atoms with Crippen LogP contribution in [0.3, 0.4) is 0 Å². The zero-order valence-electron chi connectivity index (χ0n) is 14.1. The van der Waals surface area contributed by atoms with Crippen LogP contribution in [0.1, 0.15) is 19.0 Å². The van der Waals surface area contributed by atoms with Gasteiger partial charge in [0.25, 0.3) is 0 Å². The number of piperazine rings is 1. The number of nitrogens with zero attached hydrogens (tertiary/aromatic N) is 3. The predicted molar refractivity (Wildman–Crippen MR) is 97.5 cm³/mol. The summed E-state index contributed by atoms with van der Waals surface area (Å²) in [6.07, 6.45) is 2.65. The fourth-order valence-electron chi connectivity index (χ4n) is 3.00. The second kappa shape index (κ2) is 7.66. The molecule has 2 heterocycles. The predicted octanol–water partition coefficient (Wildman–Crippen LogP) is 2.93. The number of anilines is 1. The molecule has 0 spiro atoms. The Morgan fingerprint density at radius 1 is 1.28 bits per heavy atom. The fraction of sp³-hybridized carbons (Fsp3) is 0.316. The van der Waals surface area contributed by atoms with Crippen molar-refractivity contribution in [3.8, 4) is 0 Å². The highest BCUT2D eigenvalue weighted by Gasteiger charge is 2.32. The molecule has 0 saturated carbocycles. The van der Waals surface area contributed by atoms with E-state index in [2.05, 4.69) is 4.98 Å². The molecule has 1 aromatic heterocycles. The molecule has 1 aliphatic heterocycles. The second-order valence-electron chi connectivity index (χ2n) is 6.18. The van der Waals surface area contributed by atoms with Crippen LogP contribution in [0.5, 0.6) is 0 Å². The number of hydrogen-bond donors (Lipinski definition) is 0. The minimum atomic E-state index is -0.0912. The molecule has 0 unspecified atom stereocenters. The van der Waals surface area contributed by atoms with Gasteiger partial charge in [-0.25, -0.2) is 0 Å². The molecule has 6 heteroatoms. The van der Waals surface area contributed by atoms with E-state index in [9.17, 15) is 9.59 Å². The Hall–Kier alpha value is -2.40. The van der Waals surface area contributed by atoms with Crippen LogP contribution >= 0.6 is 11.6 Å². The van der Waals surface area contributed by atoms with Gasteiger partial charge in [-0.2, -0.15) is 0 Å². The summed E-state index contributed by atoms with van der Waals surface area (Å²) in [6.45, 7) is 2.52. The number of amides is 2. The maximum absolute atomic E-state index is 12.5. The van der Waals surface area contributed by atoms with Crippen molar-refractivity contribution in [2.75, 3.05) is 18.0 Å². The summed E-state index contributed by atoms with van der Waals surface area (Å²) < 4.78 is 0. The van der Waals surface area contributed by atoms with Crippen LogP contribution in [-0.4, -0.2) is 40.8 Å². The van der Waals surface area contributed by atoms with E-state index in [1.807, 2.05) is 37.3 Å². The SMILES string of the molecule is C[C@H]1CN(c2cccc(Cl)c2)C(=O)CN1C(=O)CCc1ccccn1. The molecule has 5 nitrogen and oxygen atoms in total. The van der Waals surface area contributed by atoms with Gasteiger partial charge >= 0.3 is 0 Å². The lowest BCUT2D eigenvalue weighted by Crippen LogP contribution is -2.57. The van der Waals surface area contributed by atoms with E-state index in [1.54, 1.807) is 28.1 Å². The third-order valence-corrected chi connectivity index (χ3v) is 4.58. The van der Waals surface area contributed by atoms with E-state index in [-0.39, 0.29) is 24.4 Å². The Labute approximate surface area is 152 Å². The van der Waals surface area contributed by atoms with Crippen molar-refractivity contribution in [2.45, 2.75) is 25.8 Å². The normalized spacial score (nSPS) is 17.7. The Morgan fingerprint density at radius 2 is 2.12 bits per heavy atom. The molecule has 25 heavy (non-hydrogen) atoms. The Bertz CT molecular complexity index is 766. The van der Waals surface area contributed by atoms with Gasteiger partial charge in [-0.15, -0.1) is 0 Å². The molecule has 0 radical (unpaired) electrons. The zero-order valence-corrected chi connectivity index (χ0v) is 14.8. The summed E-state index contributed by atoms with van der Waals surface area (Å²) in [5.41, 5.74) is 1.65. The number of benzene rings is 1. The highest BCUT2D eigenvalue weighted by atomic mass is 35.5. The van der Waals surface area contributed by atoms with Crippen LogP contribution in [0, 0.1) is 0 Å². The standard InChI is InChI=1S/C19H20ClN3O2/c1-14-12-23(17-7-4-5-15(20)11-17)19(25)13-22(14)18(24)9-8-16-6-2-3-10-21-16/h2-7,10-11,14H,8-9,12-13H2,1H3/t14-/m0/s1. The number of aryl methyl sites for hydroxylation is 1. The molecule has 1 fully saturated rings. The largest absolute Gasteiger partial charge is 0.329 e. The molecule has 130 valence electrons. The topological polar surface area (TPSA) is 53.5 Å². The minimum absolute atomic E-state index is 0.0164. The molecule has 1 saturated heterocycles. The lowest BCUT2D eigenvalue weighted by molar-refractivity contribution is -0.139. The van der Waals surface area contributed by atoms with Gasteiger partial charge in [0.1, 0.15) is 6.54 Å². The van der Waals surface area contributed by atoms with E-state index in [0.717, 1.165) is 11.4 Å². The first-order valence-electron chi connectivity index (χ1n) is 8.30. The van der Waals surface area contributed by atoms with Crippen molar-refractivity contribution in [1.82, 2.24) is 9.88 Å². The summed E-state index contributed by atoms with van der Waals surface area (Å²) in [5.74, 6) is -0.108. The Balaban J connectivity index is 1.63. The fourth-order valence-corrected chi connectivity index (χ4v) is 3.19. The third-order valence-electron chi connectivity index (χ3n) is 4.35. The summed E-state index contributed by atoms with van der Waals surface area (Å²) in [6, 6.07) is 12.8. The van der Waals surface area contributed by atoms with Crippen molar-refractivity contribution in [2.24, 2.45) is 0 Å². The van der Waals surface area contributed by atoms with Crippen molar-refractivity contribution in [1.29, 1.82) is 0 Å². The van der Waals surface area contributed by atoms with Crippen LogP contribution in [-0.2, 0) is 16.0 Å². The van der Waals surface area contributed by atoms with E-state index < -0.39 is 0 Å². The van der Waals surface area contributed by atoms with E-state index in [4.69, 9.17) is 11.6 Å². The molecule has 2 amide bonds. The monoisotopic (exact) mass is 357 g/mol. The van der Waals surface area contributed by atoms with Crippen LogP contribution in [0.15, 0.2) is 48.7 Å². The van der Waals surface area contributed by atoms with E-state index in [1.165, 1.54) is 0 Å². The second-order valence-corrected chi connectivity index (χ2v) is 6.61. The number of rotatable bonds is 4. The smallest absolute Gasteiger partial charge is 0.246 e. The van der Waals surface area contributed by atoms with E-state index >= 15 is 0 Å². The van der Waals surface area contributed by atoms with Crippen molar-refractivity contribution in [3.63, 3.8) is 0 Å². The first kappa shape index (κ1) is 17.4. The molecular weight excluding hydrogens is 338 g/mol. The molecule has 0 bridgehead atoms. The highest BCUT2D eigenvalue weighted by molar-refractivity contribution is 6.30. The number of hydrogen-bond acceptors (Lipinski definition) is 3. The van der Waals surface area contributed by atoms with Crippen molar-refractivity contribution >= 4 is 29.1 Å². The van der Waals surface area contributed by atoms with Gasteiger partial charge in [-0.05, 0) is 43.7 Å². The lowest BCUT2D eigenvalue weighted by atomic mass is 10.1. The van der Waals surface area contributed by atoms with Gasteiger partial charge < -0.3 is 9.80 Å². The number of pyridine rings is 1. The average Bonchev–Trinajstić information content (AvgIpc) is 2.62. The highest BCUT2D eigenvalue weighted by Crippen LogP contribution is 2.23. The quantitative estimate of drug-likeness (QED) is 0.845. The van der Waals surface area contributed by atoms with Gasteiger partial charge in [0, 0.05) is 41.6 Å². The summed E-state index contributed by atoms with van der Waals surface area (Å²) in [4.78, 5) is 32.6. The molecule has 1 aromatic carbocycles. The molecule has 1 atom stereocenters. The van der Waals surface area contributed by atoms with Gasteiger partial charge in [-0.3, -0.25) is 14.6 Å². The summed E-state index contributed by atoms with van der Waals surface area (Å²) >= 11 is 6.02. The van der Waals surface area contributed by atoms with Crippen molar-refractivity contribution in [3.05, 3.63) is 59.4 Å². The molecular formula is C19H20ClN3O2. The molecule has 3 rings (SSSR count). The third kappa shape index (κ3) is 4.17. The van der Waals surface area contributed by atoms with Crippen LogP contribution in [0.2, 0.25) is 5.02 Å². The summed E-state index contributed by atoms with van der Waals surface area (Å²) in [5, 5.41) is 0.590. The van der Waals surface area contributed by atoms with Crippen LogP contribution in [0.25, 0.3) is 0 Å². The van der Waals surface area contributed by atoms with Crippen molar-refractivity contribution < 1.29 is 9.59 Å². The van der Waals surface area contributed by atoms with Gasteiger partial charge in [0.2, 0.25) is 11.8 Å². The van der Waals surface area contributed by atoms with Gasteiger partial charge in [0.15, 0.2) is 0 Å². The Morgan fingerprint density at radius 3 is 2.84 bits per heavy atom. The Kier molecular flexibility index (Phi) is 5.34. The average molecular weight is 358 g/mol. The first-order valence-corrected chi connectivity index (χ1v) is 8.67. The number of carbonyl (C=O) groups excluding carboxylic acids is 2. The van der Waals surface area contributed by atoms with E-state index in [0.29, 0.717) is 24.4 Å². The zero-order chi connectivity index (χ0) is 17.8. The molecule has 0 N–H and O–H groups in total.